The van der Waals surface area contributed by atoms with Crippen LogP contribution in [-0.2, 0) is 16.0 Å². The minimum atomic E-state index is 0.222. The number of carbonyl (C=O) groups is 1. The number of aryl methyl sites for hydroxylation is 1. The Labute approximate surface area is 126 Å². The topological polar surface area (TPSA) is 45.7 Å². The molecule has 2 rings (SSSR count). The van der Waals surface area contributed by atoms with Crippen LogP contribution < -0.4 is 4.90 Å². The molecule has 2 heterocycles. The van der Waals surface area contributed by atoms with Gasteiger partial charge in [-0.1, -0.05) is 0 Å². The fourth-order valence-corrected chi connectivity index (χ4v) is 2.56. The summed E-state index contributed by atoms with van der Waals surface area (Å²) in [4.78, 5) is 20.7. The lowest BCUT2D eigenvalue weighted by molar-refractivity contribution is -0.135. The van der Waals surface area contributed by atoms with Gasteiger partial charge in [0, 0.05) is 38.8 Å². The molecule has 0 bridgehead atoms. The normalized spacial score (nSPS) is 15.0. The van der Waals surface area contributed by atoms with Crippen molar-refractivity contribution in [2.75, 3.05) is 44.3 Å². The highest BCUT2D eigenvalue weighted by Gasteiger charge is 2.16. The molecule has 5 heteroatoms. The van der Waals surface area contributed by atoms with Gasteiger partial charge in [0.2, 0.25) is 5.91 Å². The highest BCUT2D eigenvalue weighted by Crippen LogP contribution is 2.14. The molecule has 1 saturated heterocycles. The molecule has 0 N–H and O–H groups in total. The lowest BCUT2D eigenvalue weighted by Gasteiger charge is -2.27. The summed E-state index contributed by atoms with van der Waals surface area (Å²) >= 11 is 0. The summed E-state index contributed by atoms with van der Waals surface area (Å²) in [6.07, 6.45) is 3.16. The van der Waals surface area contributed by atoms with Crippen LogP contribution in [0.25, 0.3) is 0 Å². The maximum atomic E-state index is 12.1. The highest BCUT2D eigenvalue weighted by molar-refractivity contribution is 5.76. The number of aromatic nitrogens is 1. The second-order valence-corrected chi connectivity index (χ2v) is 5.19. The number of nitrogens with zero attached hydrogens (tertiary/aromatic N) is 3. The van der Waals surface area contributed by atoms with Crippen LogP contribution in [0.2, 0.25) is 0 Å². The first-order valence-corrected chi connectivity index (χ1v) is 7.80. The first-order chi connectivity index (χ1) is 10.2. The van der Waals surface area contributed by atoms with Gasteiger partial charge in [0.25, 0.3) is 0 Å². The van der Waals surface area contributed by atoms with E-state index in [9.17, 15) is 4.79 Å². The molecule has 1 fully saturated rings. The second kappa shape index (κ2) is 7.98. The molecule has 0 radical (unpaired) electrons. The third kappa shape index (κ3) is 4.43. The number of carbonyl (C=O) groups excluding carboxylic acids is 1. The molecule has 1 aliphatic rings. The largest absolute Gasteiger partial charge is 0.378 e. The summed E-state index contributed by atoms with van der Waals surface area (Å²) < 4.78 is 5.27. The van der Waals surface area contributed by atoms with Crippen LogP contribution in [0.1, 0.15) is 25.8 Å². The minimum Gasteiger partial charge on any atom is -0.378 e. The quantitative estimate of drug-likeness (QED) is 0.800. The van der Waals surface area contributed by atoms with Gasteiger partial charge in [-0.15, -0.1) is 0 Å². The number of ether oxygens (including phenoxy) is 1. The summed E-state index contributed by atoms with van der Waals surface area (Å²) in [6, 6.07) is 4.10. The fraction of sp³-hybridized carbons (Fsp3) is 0.625. The van der Waals surface area contributed by atoms with Gasteiger partial charge in [0.1, 0.15) is 5.82 Å². The van der Waals surface area contributed by atoms with Gasteiger partial charge in [0.15, 0.2) is 0 Å². The zero-order valence-corrected chi connectivity index (χ0v) is 13.0. The van der Waals surface area contributed by atoms with Gasteiger partial charge in [-0.3, -0.25) is 4.79 Å². The Balaban J connectivity index is 1.90. The van der Waals surface area contributed by atoms with Crippen LogP contribution in [0.3, 0.4) is 0 Å². The monoisotopic (exact) mass is 291 g/mol. The van der Waals surface area contributed by atoms with Crippen molar-refractivity contribution in [2.45, 2.75) is 26.7 Å². The first-order valence-electron chi connectivity index (χ1n) is 7.80. The van der Waals surface area contributed by atoms with Crippen molar-refractivity contribution in [3.05, 3.63) is 23.9 Å². The fourth-order valence-electron chi connectivity index (χ4n) is 2.56. The molecule has 0 unspecified atom stereocenters. The SMILES string of the molecule is CCN(CC)c1cc(CCC(=O)N2CCOCC2)ccn1. The van der Waals surface area contributed by atoms with Crippen molar-refractivity contribution >= 4 is 11.7 Å². The molecule has 0 spiro atoms. The molecular weight excluding hydrogens is 266 g/mol. The Morgan fingerprint density at radius 1 is 1.33 bits per heavy atom. The van der Waals surface area contributed by atoms with Gasteiger partial charge < -0.3 is 14.5 Å². The average molecular weight is 291 g/mol. The third-order valence-corrected chi connectivity index (χ3v) is 3.89. The number of amides is 1. The van der Waals surface area contributed by atoms with E-state index in [4.69, 9.17) is 4.74 Å². The van der Waals surface area contributed by atoms with E-state index < -0.39 is 0 Å². The first kappa shape index (κ1) is 15.8. The van der Waals surface area contributed by atoms with Crippen LogP contribution >= 0.6 is 0 Å². The maximum absolute atomic E-state index is 12.1. The van der Waals surface area contributed by atoms with Crippen LogP contribution in [0.4, 0.5) is 5.82 Å². The molecule has 0 saturated carbocycles. The molecule has 0 aliphatic carbocycles. The molecule has 1 amide bonds. The summed E-state index contributed by atoms with van der Waals surface area (Å²) in [5.74, 6) is 1.22. The maximum Gasteiger partial charge on any atom is 0.223 e. The molecular formula is C16H25N3O2. The van der Waals surface area contributed by atoms with E-state index in [1.807, 2.05) is 17.2 Å². The van der Waals surface area contributed by atoms with Crippen molar-refractivity contribution in [3.8, 4) is 0 Å². The van der Waals surface area contributed by atoms with Crippen molar-refractivity contribution in [1.29, 1.82) is 0 Å². The van der Waals surface area contributed by atoms with Gasteiger partial charge in [0.05, 0.1) is 13.2 Å². The minimum absolute atomic E-state index is 0.222. The molecule has 0 atom stereocenters. The van der Waals surface area contributed by atoms with Gasteiger partial charge >= 0.3 is 0 Å². The van der Waals surface area contributed by atoms with Crippen LogP contribution in [0, 0.1) is 0 Å². The summed E-state index contributed by atoms with van der Waals surface area (Å²) in [7, 11) is 0. The van der Waals surface area contributed by atoms with Gasteiger partial charge in [-0.25, -0.2) is 4.98 Å². The Kier molecular flexibility index (Phi) is 5.99. The zero-order chi connectivity index (χ0) is 15.1. The Morgan fingerprint density at radius 2 is 2.05 bits per heavy atom. The lowest BCUT2D eigenvalue weighted by Crippen LogP contribution is -2.40. The van der Waals surface area contributed by atoms with E-state index in [0.29, 0.717) is 19.6 Å². The number of morpholine rings is 1. The van der Waals surface area contributed by atoms with Crippen LogP contribution in [0.15, 0.2) is 18.3 Å². The van der Waals surface area contributed by atoms with E-state index >= 15 is 0 Å². The van der Waals surface area contributed by atoms with Crippen molar-refractivity contribution in [2.24, 2.45) is 0 Å². The predicted octanol–water partition coefficient (Wildman–Crippen LogP) is 1.72. The van der Waals surface area contributed by atoms with Crippen molar-refractivity contribution in [1.82, 2.24) is 9.88 Å². The van der Waals surface area contributed by atoms with Crippen molar-refractivity contribution in [3.63, 3.8) is 0 Å². The highest BCUT2D eigenvalue weighted by atomic mass is 16.5. The van der Waals surface area contributed by atoms with E-state index in [0.717, 1.165) is 38.4 Å². The van der Waals surface area contributed by atoms with Crippen molar-refractivity contribution < 1.29 is 9.53 Å². The number of hydrogen-bond donors (Lipinski definition) is 0. The Bertz CT molecular complexity index is 455. The Morgan fingerprint density at radius 3 is 2.71 bits per heavy atom. The van der Waals surface area contributed by atoms with Gasteiger partial charge in [-0.2, -0.15) is 0 Å². The van der Waals surface area contributed by atoms with Crippen LogP contribution in [0.5, 0.6) is 0 Å². The number of pyridine rings is 1. The number of hydrogen-bond acceptors (Lipinski definition) is 4. The molecule has 0 aromatic carbocycles. The molecule has 116 valence electrons. The smallest absolute Gasteiger partial charge is 0.223 e. The van der Waals surface area contributed by atoms with Gasteiger partial charge in [-0.05, 0) is 38.0 Å². The molecule has 21 heavy (non-hydrogen) atoms. The Hall–Kier alpha value is -1.62. The number of rotatable bonds is 6. The number of anilines is 1. The summed E-state index contributed by atoms with van der Waals surface area (Å²) in [5, 5.41) is 0. The van der Waals surface area contributed by atoms with Crippen LogP contribution in [-0.4, -0.2) is 55.2 Å². The average Bonchev–Trinajstić information content (AvgIpc) is 2.55. The zero-order valence-electron chi connectivity index (χ0n) is 13.0. The van der Waals surface area contributed by atoms with E-state index in [-0.39, 0.29) is 5.91 Å². The standard InChI is InChI=1S/C16H25N3O2/c1-3-18(4-2)15-13-14(7-8-17-15)5-6-16(20)19-9-11-21-12-10-19/h7-8,13H,3-6,9-12H2,1-2H3. The summed E-state index contributed by atoms with van der Waals surface area (Å²) in [5.41, 5.74) is 1.17. The summed E-state index contributed by atoms with van der Waals surface area (Å²) in [6.45, 7) is 8.90. The molecule has 1 aliphatic heterocycles. The molecule has 1 aromatic rings. The molecule has 5 nitrogen and oxygen atoms in total. The van der Waals surface area contributed by atoms with E-state index in [2.05, 4.69) is 29.8 Å². The van der Waals surface area contributed by atoms with E-state index in [1.165, 1.54) is 5.56 Å². The third-order valence-electron chi connectivity index (χ3n) is 3.89. The van der Waals surface area contributed by atoms with E-state index in [1.54, 1.807) is 0 Å². The predicted molar refractivity (Wildman–Crippen MR) is 83.5 cm³/mol. The second-order valence-electron chi connectivity index (χ2n) is 5.19. The molecule has 1 aromatic heterocycles. The lowest BCUT2D eigenvalue weighted by atomic mass is 10.1.